The molecule has 2 unspecified atom stereocenters. The minimum atomic E-state index is 0.577. The number of methoxy groups -OCH3 is 1. The van der Waals surface area contributed by atoms with Gasteiger partial charge in [0, 0.05) is 19.2 Å². The summed E-state index contributed by atoms with van der Waals surface area (Å²) in [4.78, 5) is 2.76. The molecule has 1 N–H and O–H groups in total. The monoisotopic (exact) mass is 254 g/mol. The Bertz CT molecular complexity index is 229. The van der Waals surface area contributed by atoms with Gasteiger partial charge < -0.3 is 10.1 Å². The van der Waals surface area contributed by atoms with Crippen molar-refractivity contribution >= 4 is 0 Å². The van der Waals surface area contributed by atoms with Gasteiger partial charge in [0.05, 0.1) is 6.61 Å². The van der Waals surface area contributed by atoms with Crippen LogP contribution in [0, 0.1) is 5.92 Å². The van der Waals surface area contributed by atoms with Crippen LogP contribution in [0.2, 0.25) is 0 Å². The molecule has 2 aliphatic heterocycles. The molecule has 3 heteroatoms. The number of hydrogen-bond acceptors (Lipinski definition) is 3. The van der Waals surface area contributed by atoms with Gasteiger partial charge in [-0.3, -0.25) is 4.90 Å². The van der Waals surface area contributed by atoms with Crippen molar-refractivity contribution in [2.24, 2.45) is 5.92 Å². The van der Waals surface area contributed by atoms with E-state index in [2.05, 4.69) is 17.1 Å². The Labute approximate surface area is 112 Å². The highest BCUT2D eigenvalue weighted by Gasteiger charge is 2.31. The number of nitrogens with one attached hydrogen (secondary N) is 1. The van der Waals surface area contributed by atoms with Crippen LogP contribution < -0.4 is 5.32 Å². The van der Waals surface area contributed by atoms with Crippen LogP contribution in [0.3, 0.4) is 0 Å². The van der Waals surface area contributed by atoms with Crippen molar-refractivity contribution < 1.29 is 4.74 Å². The van der Waals surface area contributed by atoms with E-state index in [0.29, 0.717) is 6.04 Å². The van der Waals surface area contributed by atoms with Gasteiger partial charge in [0.1, 0.15) is 0 Å². The third kappa shape index (κ3) is 3.69. The van der Waals surface area contributed by atoms with E-state index in [4.69, 9.17) is 4.74 Å². The molecule has 0 bridgehead atoms. The van der Waals surface area contributed by atoms with Gasteiger partial charge in [0.2, 0.25) is 0 Å². The summed E-state index contributed by atoms with van der Waals surface area (Å²) >= 11 is 0. The van der Waals surface area contributed by atoms with Crippen molar-refractivity contribution in [3.8, 4) is 0 Å². The molecule has 2 rings (SSSR count). The molecule has 0 radical (unpaired) electrons. The van der Waals surface area contributed by atoms with Crippen LogP contribution in [0.1, 0.15) is 45.4 Å². The Morgan fingerprint density at radius 1 is 1.17 bits per heavy atom. The van der Waals surface area contributed by atoms with Crippen molar-refractivity contribution in [1.29, 1.82) is 0 Å². The second-order valence-corrected chi connectivity index (χ2v) is 6.05. The summed E-state index contributed by atoms with van der Waals surface area (Å²) in [5.74, 6) is 0.906. The predicted molar refractivity (Wildman–Crippen MR) is 75.9 cm³/mol. The van der Waals surface area contributed by atoms with Crippen LogP contribution in [0.5, 0.6) is 0 Å². The molecule has 0 saturated carbocycles. The predicted octanol–water partition coefficient (Wildman–Crippen LogP) is 2.27. The van der Waals surface area contributed by atoms with Crippen molar-refractivity contribution in [2.45, 2.75) is 57.5 Å². The normalized spacial score (nSPS) is 30.0. The van der Waals surface area contributed by atoms with E-state index in [1.807, 2.05) is 7.11 Å². The van der Waals surface area contributed by atoms with E-state index in [0.717, 1.165) is 18.6 Å². The zero-order valence-corrected chi connectivity index (χ0v) is 12.2. The van der Waals surface area contributed by atoms with Crippen LogP contribution in [0.15, 0.2) is 0 Å². The van der Waals surface area contributed by atoms with Crippen molar-refractivity contribution in [2.75, 3.05) is 33.4 Å². The fourth-order valence-electron chi connectivity index (χ4n) is 3.78. The van der Waals surface area contributed by atoms with Gasteiger partial charge in [-0.05, 0) is 58.2 Å². The third-order valence-corrected chi connectivity index (χ3v) is 4.74. The van der Waals surface area contributed by atoms with Gasteiger partial charge in [0.25, 0.3) is 0 Å². The fraction of sp³-hybridized carbons (Fsp3) is 1.00. The molecule has 0 aromatic rings. The van der Waals surface area contributed by atoms with E-state index >= 15 is 0 Å². The zero-order valence-electron chi connectivity index (χ0n) is 12.2. The smallest absolute Gasteiger partial charge is 0.0615 e. The first-order valence-corrected chi connectivity index (χ1v) is 7.78. The molecule has 2 aliphatic rings. The lowest BCUT2D eigenvalue weighted by atomic mass is 9.86. The van der Waals surface area contributed by atoms with Gasteiger partial charge in [-0.25, -0.2) is 0 Å². The lowest BCUT2D eigenvalue weighted by molar-refractivity contribution is 0.0414. The maximum absolute atomic E-state index is 5.38. The van der Waals surface area contributed by atoms with Gasteiger partial charge >= 0.3 is 0 Å². The van der Waals surface area contributed by atoms with E-state index in [1.54, 1.807) is 0 Å². The zero-order chi connectivity index (χ0) is 12.8. The van der Waals surface area contributed by atoms with E-state index < -0.39 is 0 Å². The number of ether oxygens (including phenoxy) is 1. The first-order valence-electron chi connectivity index (χ1n) is 7.78. The third-order valence-electron chi connectivity index (χ3n) is 4.74. The molecule has 3 nitrogen and oxygen atoms in total. The molecule has 0 spiro atoms. The summed E-state index contributed by atoms with van der Waals surface area (Å²) in [6.45, 7) is 6.92. The second-order valence-electron chi connectivity index (χ2n) is 6.05. The summed E-state index contributed by atoms with van der Waals surface area (Å²) < 4.78 is 5.38. The summed E-state index contributed by atoms with van der Waals surface area (Å²) in [6, 6.07) is 1.38. The Morgan fingerprint density at radius 2 is 1.94 bits per heavy atom. The van der Waals surface area contributed by atoms with Crippen molar-refractivity contribution in [3.63, 3.8) is 0 Å². The van der Waals surface area contributed by atoms with Crippen molar-refractivity contribution in [3.05, 3.63) is 0 Å². The summed E-state index contributed by atoms with van der Waals surface area (Å²) in [5, 5.41) is 3.50. The lowest BCUT2D eigenvalue weighted by Gasteiger charge is -2.41. The number of piperidine rings is 1. The maximum atomic E-state index is 5.38. The van der Waals surface area contributed by atoms with Crippen LogP contribution >= 0.6 is 0 Å². The minimum Gasteiger partial charge on any atom is -0.383 e. The minimum absolute atomic E-state index is 0.577. The second kappa shape index (κ2) is 7.46. The Balaban J connectivity index is 2.00. The number of likely N-dealkylation sites (tertiary alicyclic amines) is 1. The summed E-state index contributed by atoms with van der Waals surface area (Å²) in [7, 11) is 1.83. The fourth-order valence-corrected chi connectivity index (χ4v) is 3.78. The Kier molecular flexibility index (Phi) is 5.93. The Hall–Kier alpha value is -0.120. The molecule has 2 fully saturated rings. The van der Waals surface area contributed by atoms with Gasteiger partial charge in [-0.1, -0.05) is 12.8 Å². The topological polar surface area (TPSA) is 24.5 Å². The highest BCUT2D eigenvalue weighted by molar-refractivity contribution is 4.87. The highest BCUT2D eigenvalue weighted by Crippen LogP contribution is 2.29. The molecule has 2 heterocycles. The van der Waals surface area contributed by atoms with E-state index in [9.17, 15) is 0 Å². The molecular weight excluding hydrogens is 224 g/mol. The summed E-state index contributed by atoms with van der Waals surface area (Å²) in [5.41, 5.74) is 0. The SMILES string of the molecule is COCC(C)N1CCCCCC1C1CCNCC1. The molecule has 0 aromatic heterocycles. The van der Waals surface area contributed by atoms with Crippen LogP contribution in [0.4, 0.5) is 0 Å². The molecule has 0 aromatic carbocycles. The highest BCUT2D eigenvalue weighted by atomic mass is 16.5. The average Bonchev–Trinajstić information content (AvgIpc) is 2.65. The summed E-state index contributed by atoms with van der Waals surface area (Å²) in [6.07, 6.45) is 8.33. The molecule has 2 saturated heterocycles. The quantitative estimate of drug-likeness (QED) is 0.833. The molecular formula is C15H30N2O. The first kappa shape index (κ1) is 14.3. The van der Waals surface area contributed by atoms with E-state index in [-0.39, 0.29) is 0 Å². The number of nitrogens with zero attached hydrogens (tertiary/aromatic N) is 1. The maximum Gasteiger partial charge on any atom is 0.0615 e. The molecule has 0 amide bonds. The number of hydrogen-bond donors (Lipinski definition) is 1. The molecule has 0 aliphatic carbocycles. The first-order chi connectivity index (χ1) is 8.83. The van der Waals surface area contributed by atoms with Gasteiger partial charge in [-0.2, -0.15) is 0 Å². The largest absolute Gasteiger partial charge is 0.383 e. The van der Waals surface area contributed by atoms with Gasteiger partial charge in [-0.15, -0.1) is 0 Å². The van der Waals surface area contributed by atoms with Crippen molar-refractivity contribution in [1.82, 2.24) is 10.2 Å². The standard InChI is InChI=1S/C15H30N2O/c1-13(12-18-2)17-11-5-3-4-6-15(17)14-7-9-16-10-8-14/h13-16H,3-12H2,1-2H3. The van der Waals surface area contributed by atoms with Gasteiger partial charge in [0.15, 0.2) is 0 Å². The molecule has 18 heavy (non-hydrogen) atoms. The lowest BCUT2D eigenvalue weighted by Crippen LogP contribution is -2.49. The molecule has 2 atom stereocenters. The van der Waals surface area contributed by atoms with Crippen LogP contribution in [-0.4, -0.2) is 50.3 Å². The Morgan fingerprint density at radius 3 is 2.67 bits per heavy atom. The number of rotatable bonds is 4. The van der Waals surface area contributed by atoms with Crippen LogP contribution in [-0.2, 0) is 4.74 Å². The average molecular weight is 254 g/mol. The van der Waals surface area contributed by atoms with E-state index in [1.165, 1.54) is 58.2 Å². The molecule has 106 valence electrons. The van der Waals surface area contributed by atoms with Crippen LogP contribution in [0.25, 0.3) is 0 Å².